The molecule has 156 valence electrons. The quantitative estimate of drug-likeness (QED) is 0.745. The number of nitrogens with zero attached hydrogens (tertiary/aromatic N) is 2. The number of hydrogen-bond acceptors (Lipinski definition) is 4. The average Bonchev–Trinajstić information content (AvgIpc) is 2.72. The number of piperazine rings is 1. The zero-order valence-corrected chi connectivity index (χ0v) is 16.2. The number of rotatable bonds is 4. The van der Waals surface area contributed by atoms with E-state index < -0.39 is 35.6 Å². The van der Waals surface area contributed by atoms with Crippen LogP contribution in [0.4, 0.5) is 0 Å². The van der Waals surface area contributed by atoms with E-state index in [0.717, 1.165) is 25.7 Å². The van der Waals surface area contributed by atoms with Crippen LogP contribution in [0.3, 0.4) is 0 Å². The maximum absolute atomic E-state index is 12.9. The lowest BCUT2D eigenvalue weighted by Crippen LogP contribution is -2.55. The van der Waals surface area contributed by atoms with Crippen LogP contribution in [0.1, 0.15) is 51.4 Å². The molecule has 0 spiro atoms. The molecule has 28 heavy (non-hydrogen) atoms. The van der Waals surface area contributed by atoms with E-state index in [4.69, 9.17) is 0 Å². The van der Waals surface area contributed by atoms with Gasteiger partial charge in [-0.25, -0.2) is 0 Å². The molecular formula is C20H30N2O6. The molecule has 3 aliphatic rings. The highest BCUT2D eigenvalue weighted by Crippen LogP contribution is 2.33. The zero-order chi connectivity index (χ0) is 20.3. The van der Waals surface area contributed by atoms with Crippen molar-refractivity contribution in [3.05, 3.63) is 0 Å². The Kier molecular flexibility index (Phi) is 6.57. The van der Waals surface area contributed by atoms with Crippen molar-refractivity contribution in [3.63, 3.8) is 0 Å². The van der Waals surface area contributed by atoms with E-state index in [0.29, 0.717) is 51.9 Å². The van der Waals surface area contributed by atoms with Gasteiger partial charge >= 0.3 is 11.9 Å². The Morgan fingerprint density at radius 1 is 0.536 bits per heavy atom. The summed E-state index contributed by atoms with van der Waals surface area (Å²) in [6.07, 6.45) is 5.73. The molecule has 3 rings (SSSR count). The van der Waals surface area contributed by atoms with Crippen molar-refractivity contribution in [1.29, 1.82) is 0 Å². The SMILES string of the molecule is O=C(O)[C@H]1CCCC[C@@H]1C(=O)N1CCN(C(=O)[C@@H]2CCCC[C@@H]2C(=O)O)CC1. The van der Waals surface area contributed by atoms with Crippen LogP contribution in [0.5, 0.6) is 0 Å². The summed E-state index contributed by atoms with van der Waals surface area (Å²) in [7, 11) is 0. The highest BCUT2D eigenvalue weighted by Gasteiger charge is 2.41. The van der Waals surface area contributed by atoms with Gasteiger partial charge in [0.2, 0.25) is 11.8 Å². The average molecular weight is 394 g/mol. The largest absolute Gasteiger partial charge is 0.481 e. The minimum atomic E-state index is -0.899. The Morgan fingerprint density at radius 2 is 0.821 bits per heavy atom. The van der Waals surface area contributed by atoms with Crippen molar-refractivity contribution >= 4 is 23.8 Å². The third kappa shape index (κ3) is 4.31. The van der Waals surface area contributed by atoms with E-state index >= 15 is 0 Å². The lowest BCUT2D eigenvalue weighted by atomic mass is 9.78. The van der Waals surface area contributed by atoms with Gasteiger partial charge in [0, 0.05) is 26.2 Å². The van der Waals surface area contributed by atoms with Crippen LogP contribution in [-0.2, 0) is 19.2 Å². The number of amides is 2. The smallest absolute Gasteiger partial charge is 0.307 e. The summed E-state index contributed by atoms with van der Waals surface area (Å²) in [5.41, 5.74) is 0. The Labute approximate surface area is 164 Å². The molecule has 2 amide bonds. The molecule has 2 saturated carbocycles. The van der Waals surface area contributed by atoms with Crippen molar-refractivity contribution < 1.29 is 29.4 Å². The van der Waals surface area contributed by atoms with Crippen molar-refractivity contribution in [2.24, 2.45) is 23.7 Å². The molecule has 8 heteroatoms. The summed E-state index contributed by atoms with van der Waals surface area (Å²) in [5, 5.41) is 18.8. The fraction of sp³-hybridized carbons (Fsp3) is 0.800. The number of hydrogen-bond donors (Lipinski definition) is 2. The van der Waals surface area contributed by atoms with Gasteiger partial charge in [-0.05, 0) is 25.7 Å². The van der Waals surface area contributed by atoms with Gasteiger partial charge in [-0.3, -0.25) is 19.2 Å². The number of carboxylic acid groups (broad SMARTS) is 2. The fourth-order valence-electron chi connectivity index (χ4n) is 5.06. The molecule has 0 radical (unpaired) electrons. The maximum atomic E-state index is 12.9. The summed E-state index contributed by atoms with van der Waals surface area (Å²) in [5.74, 6) is -4.18. The second-order valence-corrected chi connectivity index (χ2v) is 8.32. The minimum absolute atomic E-state index is 0.111. The summed E-state index contributed by atoms with van der Waals surface area (Å²) >= 11 is 0. The Morgan fingerprint density at radius 3 is 1.11 bits per heavy atom. The Hall–Kier alpha value is -2.12. The topological polar surface area (TPSA) is 115 Å². The molecule has 0 aromatic carbocycles. The Balaban J connectivity index is 1.57. The van der Waals surface area contributed by atoms with E-state index in [9.17, 15) is 29.4 Å². The van der Waals surface area contributed by atoms with E-state index in [1.165, 1.54) is 0 Å². The van der Waals surface area contributed by atoms with Crippen molar-refractivity contribution in [2.75, 3.05) is 26.2 Å². The molecule has 1 aliphatic heterocycles. The summed E-state index contributed by atoms with van der Waals surface area (Å²) in [6.45, 7) is 1.55. The normalized spacial score (nSPS) is 31.3. The first-order valence-corrected chi connectivity index (χ1v) is 10.4. The molecule has 2 N–H and O–H groups in total. The predicted octanol–water partition coefficient (Wildman–Crippen LogP) is 1.44. The highest BCUT2D eigenvalue weighted by atomic mass is 16.4. The summed E-state index contributed by atoms with van der Waals surface area (Å²) < 4.78 is 0. The van der Waals surface area contributed by atoms with E-state index in [1.54, 1.807) is 9.80 Å². The molecule has 1 heterocycles. The van der Waals surface area contributed by atoms with E-state index in [1.807, 2.05) is 0 Å². The van der Waals surface area contributed by atoms with Crippen LogP contribution in [0.15, 0.2) is 0 Å². The van der Waals surface area contributed by atoms with Gasteiger partial charge in [0.05, 0.1) is 23.7 Å². The number of aliphatic carboxylic acids is 2. The molecule has 0 bridgehead atoms. The summed E-state index contributed by atoms with van der Waals surface area (Å²) in [6, 6.07) is 0. The first kappa shape index (κ1) is 20.6. The molecule has 4 atom stereocenters. The monoisotopic (exact) mass is 394 g/mol. The zero-order valence-electron chi connectivity index (χ0n) is 16.2. The van der Waals surface area contributed by atoms with Gasteiger partial charge in [-0.1, -0.05) is 25.7 Å². The standard InChI is InChI=1S/C20H30N2O6/c23-17(13-5-1-3-7-15(13)19(25)26)21-9-11-22(12-10-21)18(24)14-6-2-4-8-16(14)20(27)28/h13-16H,1-12H2,(H,25,26)(H,27,28)/t13-,14+,15-,16-/m0/s1. The van der Waals surface area contributed by atoms with E-state index in [-0.39, 0.29) is 11.8 Å². The number of carboxylic acids is 2. The van der Waals surface area contributed by atoms with Gasteiger partial charge < -0.3 is 20.0 Å². The highest BCUT2D eigenvalue weighted by molar-refractivity contribution is 5.86. The van der Waals surface area contributed by atoms with Gasteiger partial charge in [-0.2, -0.15) is 0 Å². The van der Waals surface area contributed by atoms with E-state index in [2.05, 4.69) is 0 Å². The first-order chi connectivity index (χ1) is 13.4. The molecule has 0 aromatic rings. The molecule has 2 aliphatic carbocycles. The summed E-state index contributed by atoms with van der Waals surface area (Å²) in [4.78, 5) is 52.1. The van der Waals surface area contributed by atoms with Crippen LogP contribution < -0.4 is 0 Å². The van der Waals surface area contributed by atoms with Gasteiger partial charge in [-0.15, -0.1) is 0 Å². The first-order valence-electron chi connectivity index (χ1n) is 10.4. The number of carbonyl (C=O) groups is 4. The van der Waals surface area contributed by atoms with Crippen molar-refractivity contribution in [1.82, 2.24) is 9.80 Å². The third-order valence-electron chi connectivity index (χ3n) is 6.70. The predicted molar refractivity (Wildman–Crippen MR) is 99.3 cm³/mol. The molecule has 3 fully saturated rings. The molecule has 0 aromatic heterocycles. The second-order valence-electron chi connectivity index (χ2n) is 8.32. The lowest BCUT2D eigenvalue weighted by molar-refractivity contribution is -0.156. The third-order valence-corrected chi connectivity index (χ3v) is 6.70. The second kappa shape index (κ2) is 8.92. The van der Waals surface area contributed by atoms with Crippen molar-refractivity contribution in [3.8, 4) is 0 Å². The minimum Gasteiger partial charge on any atom is -0.481 e. The molecule has 0 unspecified atom stereocenters. The lowest BCUT2D eigenvalue weighted by Gasteiger charge is -2.40. The van der Waals surface area contributed by atoms with Crippen LogP contribution in [-0.4, -0.2) is 69.9 Å². The van der Waals surface area contributed by atoms with Crippen molar-refractivity contribution in [2.45, 2.75) is 51.4 Å². The van der Waals surface area contributed by atoms with Crippen LogP contribution in [0, 0.1) is 23.7 Å². The van der Waals surface area contributed by atoms with Gasteiger partial charge in [0.25, 0.3) is 0 Å². The van der Waals surface area contributed by atoms with Crippen LogP contribution >= 0.6 is 0 Å². The fourth-order valence-corrected chi connectivity index (χ4v) is 5.06. The van der Waals surface area contributed by atoms with Crippen LogP contribution in [0.25, 0.3) is 0 Å². The van der Waals surface area contributed by atoms with Gasteiger partial charge in [0.15, 0.2) is 0 Å². The van der Waals surface area contributed by atoms with Crippen LogP contribution in [0.2, 0.25) is 0 Å². The number of carbonyl (C=O) groups excluding carboxylic acids is 2. The van der Waals surface area contributed by atoms with Gasteiger partial charge in [0.1, 0.15) is 0 Å². The molecule has 1 saturated heterocycles. The Bertz CT molecular complexity index is 574. The molecular weight excluding hydrogens is 364 g/mol. The maximum Gasteiger partial charge on any atom is 0.307 e. The molecule has 8 nitrogen and oxygen atoms in total.